The lowest BCUT2D eigenvalue weighted by Gasteiger charge is -2.24. The number of hydrogen-bond donors (Lipinski definition) is 2. The molecule has 1 aliphatic heterocycles. The molecule has 2 rings (SSSR count). The van der Waals surface area contributed by atoms with Crippen LogP contribution in [0.3, 0.4) is 0 Å². The number of carbonyl (C=O) groups is 1. The van der Waals surface area contributed by atoms with Gasteiger partial charge < -0.3 is 10.4 Å². The molecule has 0 saturated heterocycles. The quantitative estimate of drug-likeness (QED) is 0.880. The molecule has 2 N–H and O–H groups in total. The number of rotatable bonds is 2. The van der Waals surface area contributed by atoms with Gasteiger partial charge in [0.15, 0.2) is 5.17 Å². The lowest BCUT2D eigenvalue weighted by atomic mass is 9.97. The summed E-state index contributed by atoms with van der Waals surface area (Å²) < 4.78 is 0. The fourth-order valence-corrected chi connectivity index (χ4v) is 2.51. The standard InChI is InChI=1S/C13H13ClN2O2S/c1-7-10(12(17)18)11(16-13(15-7)19-2)8-3-5-9(14)6-4-8/h3-6,11H,1-2H3,(H,15,16)(H,17,18). The third-order valence-corrected chi connectivity index (χ3v) is 3.67. The number of carboxylic acids is 1. The first kappa shape index (κ1) is 14.0. The summed E-state index contributed by atoms with van der Waals surface area (Å²) in [6.07, 6.45) is 1.89. The van der Waals surface area contributed by atoms with E-state index in [9.17, 15) is 9.90 Å². The maximum Gasteiger partial charge on any atom is 0.335 e. The lowest BCUT2D eigenvalue weighted by molar-refractivity contribution is -0.133. The first-order chi connectivity index (χ1) is 9.02. The highest BCUT2D eigenvalue weighted by Gasteiger charge is 2.28. The molecule has 0 amide bonds. The van der Waals surface area contributed by atoms with Crippen molar-refractivity contribution in [2.75, 3.05) is 6.26 Å². The van der Waals surface area contributed by atoms with Crippen LogP contribution < -0.4 is 5.32 Å². The number of halogens is 1. The van der Waals surface area contributed by atoms with Gasteiger partial charge in [-0.2, -0.15) is 0 Å². The van der Waals surface area contributed by atoms with Gasteiger partial charge in [0.05, 0.1) is 5.57 Å². The molecule has 1 aromatic rings. The zero-order chi connectivity index (χ0) is 14.0. The number of nitrogens with one attached hydrogen (secondary N) is 1. The van der Waals surface area contributed by atoms with Gasteiger partial charge >= 0.3 is 5.97 Å². The van der Waals surface area contributed by atoms with Crippen molar-refractivity contribution in [1.82, 2.24) is 5.32 Å². The minimum atomic E-state index is -0.964. The number of thioether (sulfide) groups is 1. The van der Waals surface area contributed by atoms with E-state index < -0.39 is 12.0 Å². The summed E-state index contributed by atoms with van der Waals surface area (Å²) in [4.78, 5) is 15.9. The predicted octanol–water partition coefficient (Wildman–Crippen LogP) is 3.06. The highest BCUT2D eigenvalue weighted by atomic mass is 35.5. The number of aliphatic carboxylic acids is 1. The minimum Gasteiger partial charge on any atom is -0.478 e. The summed E-state index contributed by atoms with van der Waals surface area (Å²) in [6.45, 7) is 1.75. The highest BCUT2D eigenvalue weighted by Crippen LogP contribution is 2.32. The molecule has 0 radical (unpaired) electrons. The van der Waals surface area contributed by atoms with Crippen LogP contribution in [0.4, 0.5) is 0 Å². The molecule has 0 aliphatic carbocycles. The van der Waals surface area contributed by atoms with Gasteiger partial charge in [0, 0.05) is 10.7 Å². The number of benzene rings is 1. The van der Waals surface area contributed by atoms with E-state index in [1.54, 1.807) is 31.2 Å². The molecule has 1 unspecified atom stereocenters. The summed E-state index contributed by atoms with van der Waals surface area (Å²) in [7, 11) is 0. The summed E-state index contributed by atoms with van der Waals surface area (Å²) in [5, 5.41) is 13.7. The van der Waals surface area contributed by atoms with E-state index in [1.165, 1.54) is 11.8 Å². The Balaban J connectivity index is 2.48. The van der Waals surface area contributed by atoms with Gasteiger partial charge in [0.25, 0.3) is 0 Å². The largest absolute Gasteiger partial charge is 0.478 e. The summed E-state index contributed by atoms with van der Waals surface area (Å²) in [6, 6.07) is 6.58. The van der Waals surface area contributed by atoms with Gasteiger partial charge in [0.2, 0.25) is 0 Å². The molecule has 6 heteroatoms. The topological polar surface area (TPSA) is 61.7 Å². The molecular weight excluding hydrogens is 284 g/mol. The first-order valence-corrected chi connectivity index (χ1v) is 7.21. The van der Waals surface area contributed by atoms with Crippen LogP contribution in [0.1, 0.15) is 18.5 Å². The Morgan fingerprint density at radius 1 is 1.42 bits per heavy atom. The number of aliphatic imine (C=N–C) groups is 1. The van der Waals surface area contributed by atoms with Gasteiger partial charge in [-0.3, -0.25) is 0 Å². The average molecular weight is 297 g/mol. The average Bonchev–Trinajstić information content (AvgIpc) is 2.38. The normalized spacial score (nSPS) is 18.9. The lowest BCUT2D eigenvalue weighted by Crippen LogP contribution is -2.29. The van der Waals surface area contributed by atoms with Crippen LogP contribution >= 0.6 is 23.4 Å². The van der Waals surface area contributed by atoms with Crippen LogP contribution in [-0.2, 0) is 4.79 Å². The monoisotopic (exact) mass is 296 g/mol. The van der Waals surface area contributed by atoms with Crippen molar-refractivity contribution in [2.24, 2.45) is 4.99 Å². The Bertz CT molecular complexity index is 567. The molecule has 0 saturated carbocycles. The van der Waals surface area contributed by atoms with Crippen LogP contribution in [0.15, 0.2) is 40.5 Å². The van der Waals surface area contributed by atoms with Gasteiger partial charge in [-0.15, -0.1) is 0 Å². The Kier molecular flexibility index (Phi) is 4.17. The van der Waals surface area contributed by atoms with Crippen molar-refractivity contribution >= 4 is 34.5 Å². The molecule has 1 atom stereocenters. The Hall–Kier alpha value is -1.46. The zero-order valence-corrected chi connectivity index (χ0v) is 12.0. The van der Waals surface area contributed by atoms with Crippen LogP contribution in [0.2, 0.25) is 5.02 Å². The van der Waals surface area contributed by atoms with Crippen molar-refractivity contribution in [3.05, 3.63) is 46.1 Å². The fraction of sp³-hybridized carbons (Fsp3) is 0.231. The second kappa shape index (κ2) is 5.67. The molecule has 1 aromatic carbocycles. The molecule has 4 nitrogen and oxygen atoms in total. The van der Waals surface area contributed by atoms with Gasteiger partial charge in [-0.05, 0) is 30.9 Å². The Morgan fingerprint density at radius 3 is 2.58 bits per heavy atom. The van der Waals surface area contributed by atoms with E-state index in [-0.39, 0.29) is 5.57 Å². The second-order valence-electron chi connectivity index (χ2n) is 4.06. The maximum atomic E-state index is 11.4. The molecule has 100 valence electrons. The van der Waals surface area contributed by atoms with Gasteiger partial charge in [0.1, 0.15) is 6.04 Å². The minimum absolute atomic E-state index is 0.264. The second-order valence-corrected chi connectivity index (χ2v) is 5.29. The molecule has 0 bridgehead atoms. The Labute approximate surface area is 120 Å². The van der Waals surface area contributed by atoms with Gasteiger partial charge in [-0.25, -0.2) is 9.79 Å². The molecule has 0 spiro atoms. The van der Waals surface area contributed by atoms with E-state index in [1.807, 2.05) is 6.26 Å². The van der Waals surface area contributed by atoms with Gasteiger partial charge in [-0.1, -0.05) is 35.5 Å². The third-order valence-electron chi connectivity index (χ3n) is 2.83. The Morgan fingerprint density at radius 2 is 2.05 bits per heavy atom. The fourth-order valence-electron chi connectivity index (χ4n) is 1.91. The van der Waals surface area contributed by atoms with Crippen LogP contribution in [-0.4, -0.2) is 22.5 Å². The van der Waals surface area contributed by atoms with E-state index in [2.05, 4.69) is 10.3 Å². The zero-order valence-electron chi connectivity index (χ0n) is 10.5. The molecule has 1 heterocycles. The predicted molar refractivity (Wildman–Crippen MR) is 78.6 cm³/mol. The van der Waals surface area contributed by atoms with Crippen molar-refractivity contribution in [3.8, 4) is 0 Å². The number of hydrogen-bond acceptors (Lipinski definition) is 4. The van der Waals surface area contributed by atoms with E-state index in [4.69, 9.17) is 11.6 Å². The molecule has 0 fully saturated rings. The van der Waals surface area contributed by atoms with E-state index in [0.29, 0.717) is 15.9 Å². The van der Waals surface area contributed by atoms with Crippen LogP contribution in [0.5, 0.6) is 0 Å². The number of nitrogens with zero attached hydrogens (tertiary/aromatic N) is 1. The van der Waals surface area contributed by atoms with E-state index in [0.717, 1.165) is 5.56 Å². The summed E-state index contributed by atoms with van der Waals surface area (Å²) in [5.41, 5.74) is 1.70. The molecule has 19 heavy (non-hydrogen) atoms. The first-order valence-electron chi connectivity index (χ1n) is 5.61. The highest BCUT2D eigenvalue weighted by molar-refractivity contribution is 8.13. The van der Waals surface area contributed by atoms with Crippen LogP contribution in [0.25, 0.3) is 0 Å². The molecule has 0 aromatic heterocycles. The number of carboxylic acid groups (broad SMARTS) is 1. The third kappa shape index (κ3) is 2.93. The molecule has 1 aliphatic rings. The molecular formula is C13H13ClN2O2S. The van der Waals surface area contributed by atoms with Crippen LogP contribution in [0, 0.1) is 0 Å². The smallest absolute Gasteiger partial charge is 0.335 e. The van der Waals surface area contributed by atoms with Crippen molar-refractivity contribution in [2.45, 2.75) is 13.0 Å². The van der Waals surface area contributed by atoms with E-state index >= 15 is 0 Å². The summed E-state index contributed by atoms with van der Waals surface area (Å²) in [5.74, 6) is -0.964. The summed E-state index contributed by atoms with van der Waals surface area (Å²) >= 11 is 7.30. The SMILES string of the molecule is CSC1=NC(c2ccc(Cl)cc2)C(C(=O)O)=C(C)N1. The van der Waals surface area contributed by atoms with Crippen molar-refractivity contribution < 1.29 is 9.90 Å². The van der Waals surface area contributed by atoms with Crippen molar-refractivity contribution in [3.63, 3.8) is 0 Å². The maximum absolute atomic E-state index is 11.4. The van der Waals surface area contributed by atoms with Crippen molar-refractivity contribution in [1.29, 1.82) is 0 Å². The number of amidine groups is 1. The number of allylic oxidation sites excluding steroid dienone is 1.